The lowest BCUT2D eigenvalue weighted by molar-refractivity contribution is -0.712. The van der Waals surface area contributed by atoms with Crippen molar-refractivity contribution in [1.29, 1.82) is 0 Å². The number of benzene rings is 1. The van der Waals surface area contributed by atoms with E-state index in [-0.39, 0.29) is 5.56 Å². The predicted octanol–water partition coefficient (Wildman–Crippen LogP) is 23.0. The summed E-state index contributed by atoms with van der Waals surface area (Å²) in [6.45, 7) is 15.5. The van der Waals surface area contributed by atoms with E-state index in [4.69, 9.17) is 5.11 Å². The summed E-state index contributed by atoms with van der Waals surface area (Å²) in [4.78, 5) is 10.2. The molecule has 0 unspecified atom stereocenters. The van der Waals surface area contributed by atoms with Crippen LogP contribution in [0.5, 0.6) is 5.75 Å². The summed E-state index contributed by atoms with van der Waals surface area (Å²) in [5.41, 5.74) is 9.26. The molecule has 0 bridgehead atoms. The Hall–Kier alpha value is -2.36. The van der Waals surface area contributed by atoms with Gasteiger partial charge >= 0.3 is 5.97 Å². The van der Waals surface area contributed by atoms with E-state index in [1.165, 1.54) is 371 Å². The summed E-state index contributed by atoms with van der Waals surface area (Å²) in [7, 11) is 0. The van der Waals surface area contributed by atoms with Gasteiger partial charge in [0.1, 0.15) is 6.54 Å². The Bertz CT molecular complexity index is 1320. The molecule has 0 aliphatic heterocycles. The van der Waals surface area contributed by atoms with E-state index in [9.17, 15) is 9.90 Å². The molecule has 0 aliphatic carbocycles. The normalized spacial score (nSPS) is 11.4. The van der Waals surface area contributed by atoms with Crippen molar-refractivity contribution >= 4 is 5.97 Å². The third kappa shape index (κ3) is 38.3. The van der Waals surface area contributed by atoms with Gasteiger partial charge in [0, 0.05) is 30.4 Å². The highest BCUT2D eigenvalue weighted by molar-refractivity contribution is 5.90. The molecule has 1 N–H and O–H groups in total. The van der Waals surface area contributed by atoms with Crippen molar-refractivity contribution in [3.8, 4) is 5.75 Å². The lowest BCUT2D eigenvalue weighted by atomic mass is 9.85. The minimum Gasteiger partial charge on any atom is -0.872 e. The average Bonchev–Trinajstić information content (AvgIpc) is 3.42. The molecule has 1 heterocycles. The number of aromatic nitrogens is 1. The highest BCUT2D eigenvalue weighted by Crippen LogP contribution is 2.30. The monoisotopic (exact) mass is 1060 g/mol. The van der Waals surface area contributed by atoms with Crippen LogP contribution in [-0.4, -0.2) is 11.1 Å². The summed E-state index contributed by atoms with van der Waals surface area (Å²) >= 11 is 0. The third-order valence-electron chi connectivity index (χ3n) is 16.8. The van der Waals surface area contributed by atoms with Gasteiger partial charge in [0.15, 0.2) is 11.4 Å². The molecule has 76 heavy (non-hydrogen) atoms. The third-order valence-corrected chi connectivity index (χ3v) is 16.8. The fraction of sp³-hybridized carbons (Fsp3) is 0.833. The first kappa shape index (κ1) is 71.7. The van der Waals surface area contributed by atoms with E-state index in [2.05, 4.69) is 46.1 Å². The van der Waals surface area contributed by atoms with Gasteiger partial charge in [0.05, 0.1) is 5.56 Å². The zero-order valence-corrected chi connectivity index (χ0v) is 52.2. The minimum absolute atomic E-state index is 0.178. The number of nitrogens with zero attached hydrogens (tertiary/aromatic N) is 1. The SMILES string of the molecule is CCCCCCCCCCc1c(CCCCCCCCCC)c(CCCCCCCCCC)[n+](CCCCCCCCCC)c(CCCCCCCCCC)c1CCCCCCCCCC.O=C(O)c1ccccc1[O-]. The molecule has 1 aromatic carbocycles. The molecular weight excluding hydrogens is 927 g/mol. The van der Waals surface area contributed by atoms with E-state index < -0.39 is 11.7 Å². The number of aromatic carboxylic acids is 1. The van der Waals surface area contributed by atoms with E-state index in [0.717, 1.165) is 0 Å². The second-order valence-corrected chi connectivity index (χ2v) is 23.9. The molecule has 0 saturated heterocycles. The molecular formula is C72H131NO3. The van der Waals surface area contributed by atoms with E-state index in [1.54, 1.807) is 0 Å². The number of hydrogen-bond acceptors (Lipinski definition) is 2. The van der Waals surface area contributed by atoms with Crippen molar-refractivity contribution in [3.63, 3.8) is 0 Å². The van der Waals surface area contributed by atoms with Crippen LogP contribution >= 0.6 is 0 Å². The van der Waals surface area contributed by atoms with E-state index >= 15 is 0 Å². The van der Waals surface area contributed by atoms with Crippen molar-refractivity contribution < 1.29 is 19.6 Å². The lowest BCUT2D eigenvalue weighted by Crippen LogP contribution is -2.46. The summed E-state index contributed by atoms with van der Waals surface area (Å²) in [6, 6.07) is 5.54. The largest absolute Gasteiger partial charge is 0.872 e. The summed E-state index contributed by atoms with van der Waals surface area (Å²) in [5, 5.41) is 19.0. The fourth-order valence-corrected chi connectivity index (χ4v) is 12.0. The molecule has 2 rings (SSSR count). The van der Waals surface area contributed by atoms with Crippen LogP contribution in [0.3, 0.4) is 0 Å². The molecule has 4 heteroatoms. The van der Waals surface area contributed by atoms with Crippen LogP contribution in [0.4, 0.5) is 0 Å². The van der Waals surface area contributed by atoms with Gasteiger partial charge in [-0.3, -0.25) is 0 Å². The number of carboxylic acids is 1. The Kier molecular flexibility index (Phi) is 51.5. The fourth-order valence-electron chi connectivity index (χ4n) is 12.0. The number of para-hydroxylation sites is 1. The predicted molar refractivity (Wildman–Crippen MR) is 334 cm³/mol. The van der Waals surface area contributed by atoms with Crippen LogP contribution in [0, 0.1) is 0 Å². The van der Waals surface area contributed by atoms with Crippen LogP contribution in [0.2, 0.25) is 0 Å². The quantitative estimate of drug-likeness (QED) is 0.0530. The van der Waals surface area contributed by atoms with Crippen molar-refractivity contribution in [1.82, 2.24) is 0 Å². The van der Waals surface area contributed by atoms with Gasteiger partial charge in [-0.25, -0.2) is 4.79 Å². The Labute approximate surface area is 475 Å². The number of unbranched alkanes of at least 4 members (excludes halogenated alkanes) is 42. The van der Waals surface area contributed by atoms with Gasteiger partial charge in [0.2, 0.25) is 0 Å². The molecule has 0 spiro atoms. The molecule has 4 nitrogen and oxygen atoms in total. The van der Waals surface area contributed by atoms with Gasteiger partial charge in [-0.05, 0) is 69.4 Å². The van der Waals surface area contributed by atoms with Gasteiger partial charge < -0.3 is 10.2 Å². The zero-order valence-electron chi connectivity index (χ0n) is 52.2. The smallest absolute Gasteiger partial charge is 0.335 e. The molecule has 0 aliphatic rings. The summed E-state index contributed by atoms with van der Waals surface area (Å²) in [6.07, 6.45) is 75.3. The number of carbonyl (C=O) groups is 1. The average molecular weight is 1060 g/mol. The summed E-state index contributed by atoms with van der Waals surface area (Å²) < 4.78 is 3.12. The van der Waals surface area contributed by atoms with Gasteiger partial charge in [-0.1, -0.05) is 329 Å². The standard InChI is InChI=1S/C65H126N.C7H6O3/c1-7-13-19-25-31-37-43-49-55-61-62(56-50-44-38-32-26-20-14-8-2)64(58-52-46-40-34-28-22-16-10-4)66(60-54-48-42-36-30-24-18-12-6)65(59-53-47-41-35-29-23-17-11-5)63(61)57-51-45-39-33-27-21-15-9-3;8-6-4-2-1-3-5(6)7(9)10/h7-60H2,1-6H3;1-4,8H,(H,9,10)/q+1;/p-1. The van der Waals surface area contributed by atoms with Crippen LogP contribution in [0.1, 0.15) is 388 Å². The molecule has 0 radical (unpaired) electrons. The highest BCUT2D eigenvalue weighted by Gasteiger charge is 2.29. The molecule has 2 aromatic rings. The van der Waals surface area contributed by atoms with E-state index in [0.29, 0.717) is 0 Å². The number of hydrogen-bond donors (Lipinski definition) is 1. The zero-order chi connectivity index (χ0) is 55.2. The second-order valence-electron chi connectivity index (χ2n) is 23.9. The summed E-state index contributed by atoms with van der Waals surface area (Å²) in [5.74, 6) is -1.62. The number of rotatable bonds is 55. The Balaban J connectivity index is 0.00000257. The maximum atomic E-state index is 10.7. The number of carboxylic acid groups (broad SMARTS) is 1. The topological polar surface area (TPSA) is 64.2 Å². The first-order chi connectivity index (χ1) is 37.4. The van der Waals surface area contributed by atoms with Gasteiger partial charge in [-0.2, -0.15) is 4.57 Å². The first-order valence-corrected chi connectivity index (χ1v) is 34.5. The minimum atomic E-state index is -1.18. The lowest BCUT2D eigenvalue weighted by Gasteiger charge is -2.23. The van der Waals surface area contributed by atoms with Crippen molar-refractivity contribution in [3.05, 3.63) is 57.9 Å². The second kappa shape index (κ2) is 54.6. The van der Waals surface area contributed by atoms with Gasteiger partial charge in [0.25, 0.3) is 0 Å². The molecule has 1 aromatic heterocycles. The molecule has 0 amide bonds. The maximum Gasteiger partial charge on any atom is 0.335 e. The van der Waals surface area contributed by atoms with Crippen molar-refractivity contribution in [2.45, 2.75) is 388 Å². The Morgan fingerprint density at radius 1 is 0.329 bits per heavy atom. The molecule has 442 valence electrons. The molecule has 0 atom stereocenters. The number of pyridine rings is 1. The van der Waals surface area contributed by atoms with Crippen LogP contribution in [-0.2, 0) is 38.6 Å². The van der Waals surface area contributed by atoms with Crippen molar-refractivity contribution in [2.24, 2.45) is 0 Å². The van der Waals surface area contributed by atoms with E-state index in [1.807, 2.05) is 28.1 Å². The van der Waals surface area contributed by atoms with Crippen LogP contribution in [0.15, 0.2) is 24.3 Å². The first-order valence-electron chi connectivity index (χ1n) is 34.5. The van der Waals surface area contributed by atoms with Crippen LogP contribution in [0.25, 0.3) is 0 Å². The van der Waals surface area contributed by atoms with Crippen LogP contribution < -0.4 is 9.67 Å². The highest BCUT2D eigenvalue weighted by atomic mass is 16.4. The maximum absolute atomic E-state index is 10.7. The van der Waals surface area contributed by atoms with Crippen molar-refractivity contribution in [2.75, 3.05) is 0 Å². The van der Waals surface area contributed by atoms with Gasteiger partial charge in [-0.15, -0.1) is 0 Å². The molecule has 0 saturated carbocycles. The Morgan fingerprint density at radius 3 is 0.829 bits per heavy atom. The molecule has 0 fully saturated rings. The Morgan fingerprint density at radius 2 is 0.566 bits per heavy atom.